The summed E-state index contributed by atoms with van der Waals surface area (Å²) in [6.45, 7) is 0. The third kappa shape index (κ3) is 4.67. The second-order valence-electron chi connectivity index (χ2n) is 6.16. The van der Waals surface area contributed by atoms with E-state index in [1.807, 2.05) is 6.07 Å². The predicted octanol–water partition coefficient (Wildman–Crippen LogP) is 2.85. The van der Waals surface area contributed by atoms with Gasteiger partial charge in [-0.15, -0.1) is 0 Å². The second kappa shape index (κ2) is 7.40. The van der Waals surface area contributed by atoms with Crippen LogP contribution in [-0.4, -0.2) is 32.8 Å². The van der Waals surface area contributed by atoms with E-state index in [4.69, 9.17) is 0 Å². The molecule has 22 heavy (non-hydrogen) atoms. The lowest BCUT2D eigenvalue weighted by molar-refractivity contribution is -0.137. The Kier molecular flexibility index (Phi) is 5.79. The molecule has 0 heterocycles. The average molecular weight is 326 g/mol. The summed E-state index contributed by atoms with van der Waals surface area (Å²) in [6, 6.07) is 8.83. The molecule has 2 rings (SSSR count). The van der Waals surface area contributed by atoms with Crippen molar-refractivity contribution in [2.24, 2.45) is 5.92 Å². The van der Waals surface area contributed by atoms with Gasteiger partial charge in [-0.05, 0) is 43.6 Å². The van der Waals surface area contributed by atoms with E-state index < -0.39 is 19.0 Å². The van der Waals surface area contributed by atoms with Gasteiger partial charge < -0.3 is 15.1 Å². The van der Waals surface area contributed by atoms with Gasteiger partial charge in [-0.25, -0.2) is 0 Å². The molecule has 1 aliphatic rings. The number of carboxylic acids is 1. The normalized spacial score (nSPS) is 26.1. The molecular formula is C16H23O5P. The number of carbonyl (C=O) groups is 1. The summed E-state index contributed by atoms with van der Waals surface area (Å²) < 4.78 is 12.6. The van der Waals surface area contributed by atoms with Crippen molar-refractivity contribution in [1.29, 1.82) is 0 Å². The average Bonchev–Trinajstić information content (AvgIpc) is 2.46. The maximum atomic E-state index is 12.6. The summed E-state index contributed by atoms with van der Waals surface area (Å²) >= 11 is 0. The Bertz CT molecular complexity index is 537. The number of carboxylic acid groups (broad SMARTS) is 1. The lowest BCUT2D eigenvalue weighted by Crippen LogP contribution is -2.27. The maximum Gasteiger partial charge on any atom is 0.316 e. The number of rotatable bonds is 6. The van der Waals surface area contributed by atoms with Gasteiger partial charge in [0.15, 0.2) is 0 Å². The third-order valence-electron chi connectivity index (χ3n) is 4.40. The number of aliphatic carboxylic acids is 1. The fraction of sp³-hybridized carbons (Fsp3) is 0.562. The first-order valence-electron chi connectivity index (χ1n) is 7.65. The monoisotopic (exact) mass is 326 g/mol. The van der Waals surface area contributed by atoms with Gasteiger partial charge in [0.05, 0.1) is 12.3 Å². The van der Waals surface area contributed by atoms with Crippen LogP contribution in [0.3, 0.4) is 0 Å². The number of hydrogen-bond acceptors (Lipinski definition) is 3. The largest absolute Gasteiger partial charge is 0.481 e. The molecule has 0 spiro atoms. The van der Waals surface area contributed by atoms with E-state index in [2.05, 4.69) is 0 Å². The Labute approximate surface area is 130 Å². The van der Waals surface area contributed by atoms with Crippen molar-refractivity contribution in [3.63, 3.8) is 0 Å². The zero-order valence-corrected chi connectivity index (χ0v) is 13.4. The fourth-order valence-electron chi connectivity index (χ4n) is 3.09. The SMILES string of the molecule is O=C(O)C(CC1CCC(O)CC1)P(=O)(O)Cc1ccccc1. The van der Waals surface area contributed by atoms with Crippen LogP contribution in [0.2, 0.25) is 0 Å². The predicted molar refractivity (Wildman–Crippen MR) is 84.0 cm³/mol. The van der Waals surface area contributed by atoms with Crippen molar-refractivity contribution in [2.75, 3.05) is 0 Å². The van der Waals surface area contributed by atoms with Crippen molar-refractivity contribution in [1.82, 2.24) is 0 Å². The Morgan fingerprint density at radius 2 is 1.77 bits per heavy atom. The highest BCUT2D eigenvalue weighted by Crippen LogP contribution is 2.52. The molecule has 0 aromatic heterocycles. The molecule has 1 aromatic rings. The Morgan fingerprint density at radius 3 is 2.32 bits per heavy atom. The molecule has 1 aromatic carbocycles. The second-order valence-corrected chi connectivity index (χ2v) is 8.61. The van der Waals surface area contributed by atoms with Crippen molar-refractivity contribution in [3.8, 4) is 0 Å². The van der Waals surface area contributed by atoms with Gasteiger partial charge in [0.25, 0.3) is 0 Å². The summed E-state index contributed by atoms with van der Waals surface area (Å²) in [4.78, 5) is 21.8. The topological polar surface area (TPSA) is 94.8 Å². The van der Waals surface area contributed by atoms with Crippen LogP contribution in [0.5, 0.6) is 0 Å². The van der Waals surface area contributed by atoms with E-state index in [1.54, 1.807) is 24.3 Å². The standard InChI is InChI=1S/C16H23O5P/c17-14-8-6-12(7-9-14)10-15(16(18)19)22(20,21)11-13-4-2-1-3-5-13/h1-5,12,14-15,17H,6-11H2,(H,18,19)(H,20,21). The molecule has 1 saturated carbocycles. The van der Waals surface area contributed by atoms with Crippen LogP contribution in [0.15, 0.2) is 30.3 Å². The molecule has 0 radical (unpaired) electrons. The highest BCUT2D eigenvalue weighted by atomic mass is 31.2. The van der Waals surface area contributed by atoms with Crippen molar-refractivity contribution < 1.29 is 24.5 Å². The van der Waals surface area contributed by atoms with Crippen LogP contribution in [0.25, 0.3) is 0 Å². The van der Waals surface area contributed by atoms with E-state index in [9.17, 15) is 24.5 Å². The van der Waals surface area contributed by atoms with Gasteiger partial charge >= 0.3 is 5.97 Å². The summed E-state index contributed by atoms with van der Waals surface area (Å²) in [6.07, 6.45) is 2.51. The quantitative estimate of drug-likeness (QED) is 0.699. The lowest BCUT2D eigenvalue weighted by Gasteiger charge is -2.29. The molecule has 0 bridgehead atoms. The number of benzene rings is 1. The van der Waals surface area contributed by atoms with E-state index in [-0.39, 0.29) is 24.6 Å². The van der Waals surface area contributed by atoms with Crippen molar-refractivity contribution in [2.45, 2.75) is 50.0 Å². The molecule has 5 nitrogen and oxygen atoms in total. The number of aliphatic hydroxyl groups excluding tert-OH is 1. The molecule has 1 fully saturated rings. The summed E-state index contributed by atoms with van der Waals surface area (Å²) in [7, 11) is -3.82. The Morgan fingerprint density at radius 1 is 1.18 bits per heavy atom. The van der Waals surface area contributed by atoms with Gasteiger partial charge in [0.2, 0.25) is 7.37 Å². The molecular weight excluding hydrogens is 303 g/mol. The minimum atomic E-state index is -3.82. The van der Waals surface area contributed by atoms with Gasteiger partial charge in [-0.1, -0.05) is 30.3 Å². The molecule has 1 aliphatic carbocycles. The molecule has 3 N–H and O–H groups in total. The van der Waals surface area contributed by atoms with E-state index >= 15 is 0 Å². The molecule has 0 aliphatic heterocycles. The van der Waals surface area contributed by atoms with Gasteiger partial charge in [0.1, 0.15) is 5.66 Å². The zero-order valence-electron chi connectivity index (χ0n) is 12.5. The molecule has 6 heteroatoms. The third-order valence-corrected chi connectivity index (χ3v) is 6.62. The van der Waals surface area contributed by atoms with Crippen LogP contribution in [0.1, 0.15) is 37.7 Å². The lowest BCUT2D eigenvalue weighted by atomic mass is 9.84. The summed E-state index contributed by atoms with van der Waals surface area (Å²) in [5.41, 5.74) is -0.549. The first-order chi connectivity index (χ1) is 10.4. The minimum absolute atomic E-state index is 0.0979. The van der Waals surface area contributed by atoms with Crippen LogP contribution in [0.4, 0.5) is 0 Å². The van der Waals surface area contributed by atoms with E-state index in [0.717, 1.165) is 12.8 Å². The molecule has 122 valence electrons. The first-order valence-corrected chi connectivity index (χ1v) is 9.56. The smallest absolute Gasteiger partial charge is 0.316 e. The molecule has 2 unspecified atom stereocenters. The van der Waals surface area contributed by atoms with E-state index in [0.29, 0.717) is 18.4 Å². The maximum absolute atomic E-state index is 12.6. The van der Waals surface area contributed by atoms with Crippen molar-refractivity contribution in [3.05, 3.63) is 35.9 Å². The van der Waals surface area contributed by atoms with Crippen LogP contribution in [-0.2, 0) is 15.5 Å². The van der Waals surface area contributed by atoms with Crippen LogP contribution in [0, 0.1) is 5.92 Å². The highest BCUT2D eigenvalue weighted by molar-refractivity contribution is 7.59. The first kappa shape index (κ1) is 17.2. The van der Waals surface area contributed by atoms with Crippen molar-refractivity contribution >= 4 is 13.3 Å². The molecule has 2 atom stereocenters. The van der Waals surface area contributed by atoms with Gasteiger partial charge in [0, 0.05) is 0 Å². The summed E-state index contributed by atoms with van der Waals surface area (Å²) in [5, 5.41) is 18.9. The Balaban J connectivity index is 2.06. The molecule has 0 amide bonds. The Hall–Kier alpha value is -1.16. The zero-order chi connectivity index (χ0) is 16.2. The van der Waals surface area contributed by atoms with Gasteiger partial charge in [-0.2, -0.15) is 0 Å². The van der Waals surface area contributed by atoms with Crippen LogP contribution >= 0.6 is 7.37 Å². The minimum Gasteiger partial charge on any atom is -0.481 e. The fourth-order valence-corrected chi connectivity index (χ4v) is 5.02. The molecule has 0 saturated heterocycles. The van der Waals surface area contributed by atoms with Crippen LogP contribution < -0.4 is 0 Å². The highest BCUT2D eigenvalue weighted by Gasteiger charge is 2.39. The number of aliphatic hydroxyl groups is 1. The van der Waals surface area contributed by atoms with Gasteiger partial charge in [-0.3, -0.25) is 9.36 Å². The number of hydrogen-bond donors (Lipinski definition) is 3. The summed E-state index contributed by atoms with van der Waals surface area (Å²) in [5.74, 6) is -1.10. The van der Waals surface area contributed by atoms with E-state index in [1.165, 1.54) is 0 Å².